The molecule has 7 nitrogen and oxygen atoms in total. The zero-order chi connectivity index (χ0) is 17.8. The van der Waals surface area contributed by atoms with Gasteiger partial charge in [-0.2, -0.15) is 4.99 Å². The highest BCUT2D eigenvalue weighted by Crippen LogP contribution is 2.31. The van der Waals surface area contributed by atoms with Crippen LogP contribution in [0.1, 0.15) is 6.42 Å². The van der Waals surface area contributed by atoms with Crippen molar-refractivity contribution in [3.63, 3.8) is 0 Å². The number of rotatable bonds is 5. The first-order valence-corrected chi connectivity index (χ1v) is 9.19. The standard InChI is InChI=1S/C16H16N4O3S2/c1-20-14(22)12(25-16(20)19-15-17-7-8-24-15)9-13(21)18-10-3-5-11(23-2)6-4-10/h3-8,12H,9H2,1-2H3,(H,18,21)/t12-/m0/s1. The van der Waals surface area contributed by atoms with Crippen LogP contribution in [0.3, 0.4) is 0 Å². The highest BCUT2D eigenvalue weighted by Gasteiger charge is 2.37. The molecule has 0 radical (unpaired) electrons. The number of anilines is 1. The van der Waals surface area contributed by atoms with E-state index in [-0.39, 0.29) is 18.2 Å². The number of nitrogens with one attached hydrogen (secondary N) is 1. The molecule has 3 rings (SSSR count). The molecule has 0 aliphatic carbocycles. The molecule has 1 saturated heterocycles. The van der Waals surface area contributed by atoms with E-state index in [0.717, 1.165) is 0 Å². The van der Waals surface area contributed by atoms with Crippen LogP contribution >= 0.6 is 23.1 Å². The summed E-state index contributed by atoms with van der Waals surface area (Å²) in [5, 5.41) is 5.27. The lowest BCUT2D eigenvalue weighted by atomic mass is 10.2. The number of aromatic nitrogens is 1. The smallest absolute Gasteiger partial charge is 0.242 e. The fourth-order valence-electron chi connectivity index (χ4n) is 2.20. The molecule has 2 heterocycles. The van der Waals surface area contributed by atoms with Gasteiger partial charge in [-0.1, -0.05) is 11.8 Å². The minimum atomic E-state index is -0.484. The maximum atomic E-state index is 12.3. The minimum absolute atomic E-state index is 0.0801. The van der Waals surface area contributed by atoms with Gasteiger partial charge in [0.1, 0.15) is 11.0 Å². The van der Waals surface area contributed by atoms with Gasteiger partial charge in [0.25, 0.3) is 0 Å². The summed E-state index contributed by atoms with van der Waals surface area (Å²) in [6.45, 7) is 0. The molecule has 9 heteroatoms. The summed E-state index contributed by atoms with van der Waals surface area (Å²) in [5.41, 5.74) is 0.659. The third-order valence-corrected chi connectivity index (χ3v) is 5.39. The van der Waals surface area contributed by atoms with Crippen molar-refractivity contribution in [1.82, 2.24) is 9.88 Å². The summed E-state index contributed by atoms with van der Waals surface area (Å²) < 4.78 is 5.08. The molecule has 25 heavy (non-hydrogen) atoms. The number of nitrogens with zero attached hydrogens (tertiary/aromatic N) is 3. The van der Waals surface area contributed by atoms with Crippen molar-refractivity contribution in [1.29, 1.82) is 0 Å². The zero-order valence-electron chi connectivity index (χ0n) is 13.6. The van der Waals surface area contributed by atoms with Crippen LogP contribution in [0.4, 0.5) is 10.8 Å². The molecule has 1 N–H and O–H groups in total. The van der Waals surface area contributed by atoms with E-state index in [1.165, 1.54) is 28.0 Å². The SMILES string of the molecule is COc1ccc(NC(=O)C[C@@H]2SC(=Nc3nccs3)N(C)C2=O)cc1. The minimum Gasteiger partial charge on any atom is -0.497 e. The maximum Gasteiger partial charge on any atom is 0.242 e. The van der Waals surface area contributed by atoms with Gasteiger partial charge in [-0.15, -0.1) is 11.3 Å². The molecule has 0 saturated carbocycles. The molecular weight excluding hydrogens is 360 g/mol. The lowest BCUT2D eigenvalue weighted by Crippen LogP contribution is -2.30. The number of thioether (sulfide) groups is 1. The van der Waals surface area contributed by atoms with E-state index >= 15 is 0 Å². The summed E-state index contributed by atoms with van der Waals surface area (Å²) >= 11 is 2.68. The first-order chi connectivity index (χ1) is 12.1. The Bertz CT molecular complexity index is 790. The van der Waals surface area contributed by atoms with Gasteiger partial charge < -0.3 is 10.1 Å². The number of aliphatic imine (C=N–C) groups is 1. The molecule has 130 valence electrons. The second-order valence-corrected chi connectivity index (χ2v) is 7.24. The molecule has 0 bridgehead atoms. The largest absolute Gasteiger partial charge is 0.497 e. The van der Waals surface area contributed by atoms with E-state index in [2.05, 4.69) is 15.3 Å². The van der Waals surface area contributed by atoms with E-state index in [1.54, 1.807) is 44.6 Å². The average Bonchev–Trinajstić information content (AvgIpc) is 3.20. The van der Waals surface area contributed by atoms with Gasteiger partial charge in [-0.3, -0.25) is 14.5 Å². The summed E-state index contributed by atoms with van der Waals surface area (Å²) in [6.07, 6.45) is 1.74. The van der Waals surface area contributed by atoms with Crippen LogP contribution in [-0.4, -0.2) is 46.3 Å². The first-order valence-electron chi connectivity index (χ1n) is 7.43. The van der Waals surface area contributed by atoms with Crippen molar-refractivity contribution in [2.45, 2.75) is 11.7 Å². The van der Waals surface area contributed by atoms with Crippen molar-refractivity contribution in [2.75, 3.05) is 19.5 Å². The Balaban J connectivity index is 1.62. The molecule has 1 aromatic heterocycles. The Hall–Kier alpha value is -2.39. The van der Waals surface area contributed by atoms with Crippen LogP contribution in [0.2, 0.25) is 0 Å². The Morgan fingerprint density at radius 3 is 2.80 bits per heavy atom. The van der Waals surface area contributed by atoms with Crippen LogP contribution < -0.4 is 10.1 Å². The fourth-order valence-corrected chi connectivity index (χ4v) is 3.90. The van der Waals surface area contributed by atoms with Crippen molar-refractivity contribution >= 4 is 50.9 Å². The van der Waals surface area contributed by atoms with Crippen molar-refractivity contribution < 1.29 is 14.3 Å². The summed E-state index contributed by atoms with van der Waals surface area (Å²) in [7, 11) is 3.24. The highest BCUT2D eigenvalue weighted by atomic mass is 32.2. The number of carbonyl (C=O) groups excluding carboxylic acids is 2. The van der Waals surface area contributed by atoms with E-state index < -0.39 is 5.25 Å². The third kappa shape index (κ3) is 4.18. The van der Waals surface area contributed by atoms with Crippen molar-refractivity contribution in [3.8, 4) is 5.75 Å². The summed E-state index contributed by atoms with van der Waals surface area (Å²) in [6, 6.07) is 7.03. The van der Waals surface area contributed by atoms with Crippen LogP contribution in [0.5, 0.6) is 5.75 Å². The molecule has 1 aliphatic rings. The molecule has 1 aromatic carbocycles. The molecule has 1 atom stereocenters. The predicted molar refractivity (Wildman–Crippen MR) is 99.6 cm³/mol. The monoisotopic (exact) mass is 376 g/mol. The number of benzene rings is 1. The number of methoxy groups -OCH3 is 1. The number of hydrogen-bond acceptors (Lipinski definition) is 7. The van der Waals surface area contributed by atoms with E-state index in [9.17, 15) is 9.59 Å². The molecule has 0 spiro atoms. The van der Waals surface area contributed by atoms with Gasteiger partial charge in [0.05, 0.1) is 7.11 Å². The number of hydrogen-bond donors (Lipinski definition) is 1. The first kappa shape index (κ1) is 17.4. The van der Waals surface area contributed by atoms with Crippen LogP contribution in [0.25, 0.3) is 0 Å². The Labute approximate surface area is 153 Å². The molecular formula is C16H16N4O3S2. The molecule has 0 unspecified atom stereocenters. The van der Waals surface area contributed by atoms with Crippen LogP contribution in [-0.2, 0) is 9.59 Å². The lowest BCUT2D eigenvalue weighted by Gasteiger charge is -2.09. The Morgan fingerprint density at radius 1 is 1.40 bits per heavy atom. The number of amides is 2. The van der Waals surface area contributed by atoms with Crippen molar-refractivity contribution in [2.24, 2.45) is 4.99 Å². The van der Waals surface area contributed by atoms with Gasteiger partial charge in [-0.25, -0.2) is 4.98 Å². The van der Waals surface area contributed by atoms with Gasteiger partial charge in [0.2, 0.25) is 16.9 Å². The molecule has 1 fully saturated rings. The van der Waals surface area contributed by atoms with Gasteiger partial charge in [-0.05, 0) is 24.3 Å². The number of thiazole rings is 1. The van der Waals surface area contributed by atoms with Gasteiger partial charge >= 0.3 is 0 Å². The second-order valence-electron chi connectivity index (χ2n) is 5.19. The van der Waals surface area contributed by atoms with Crippen LogP contribution in [0.15, 0.2) is 40.8 Å². The van der Waals surface area contributed by atoms with Crippen LogP contribution in [0, 0.1) is 0 Å². The predicted octanol–water partition coefficient (Wildman–Crippen LogP) is 2.74. The topological polar surface area (TPSA) is 83.9 Å². The number of amidine groups is 1. The van der Waals surface area contributed by atoms with Gasteiger partial charge in [0.15, 0.2) is 5.17 Å². The summed E-state index contributed by atoms with van der Waals surface area (Å²) in [5.74, 6) is 0.356. The normalized spacial score (nSPS) is 18.6. The van der Waals surface area contributed by atoms with E-state index in [4.69, 9.17) is 4.74 Å². The zero-order valence-corrected chi connectivity index (χ0v) is 15.3. The Morgan fingerprint density at radius 2 is 2.16 bits per heavy atom. The molecule has 2 amide bonds. The van der Waals surface area contributed by atoms with E-state index in [0.29, 0.717) is 21.7 Å². The second kappa shape index (κ2) is 7.66. The lowest BCUT2D eigenvalue weighted by molar-refractivity contribution is -0.127. The maximum absolute atomic E-state index is 12.3. The average molecular weight is 376 g/mol. The Kier molecular flexibility index (Phi) is 5.34. The molecule has 2 aromatic rings. The van der Waals surface area contributed by atoms with E-state index in [1.807, 2.05) is 5.38 Å². The quantitative estimate of drug-likeness (QED) is 0.867. The molecule has 1 aliphatic heterocycles. The summed E-state index contributed by atoms with van der Waals surface area (Å²) in [4.78, 5) is 34.5. The number of carbonyl (C=O) groups is 2. The number of ether oxygens (including phenoxy) is 1. The highest BCUT2D eigenvalue weighted by molar-refractivity contribution is 8.15. The fraction of sp³-hybridized carbons (Fsp3) is 0.250. The third-order valence-electron chi connectivity index (χ3n) is 3.50. The van der Waals surface area contributed by atoms with Crippen molar-refractivity contribution in [3.05, 3.63) is 35.8 Å². The van der Waals surface area contributed by atoms with Gasteiger partial charge in [0, 0.05) is 30.7 Å².